The first-order chi connectivity index (χ1) is 12.5. The van der Waals surface area contributed by atoms with Crippen LogP contribution in [-0.2, 0) is 4.79 Å². The highest BCUT2D eigenvalue weighted by molar-refractivity contribution is 6.04. The minimum atomic E-state index is -0.809. The Labute approximate surface area is 149 Å². The maximum atomic E-state index is 12.2. The van der Waals surface area contributed by atoms with Crippen LogP contribution in [0.15, 0.2) is 53.6 Å². The first-order valence-electron chi connectivity index (χ1n) is 8.04. The number of fused-ring (bicyclic) bond motifs is 1. The fraction of sp³-hybridized carbons (Fsp3) is 0.222. The van der Waals surface area contributed by atoms with E-state index in [9.17, 15) is 14.9 Å². The molecule has 8 nitrogen and oxygen atoms in total. The number of nitrogens with one attached hydrogen (secondary N) is 1. The molecule has 8 heteroatoms. The van der Waals surface area contributed by atoms with E-state index in [0.29, 0.717) is 18.8 Å². The second-order valence-electron chi connectivity index (χ2n) is 5.64. The van der Waals surface area contributed by atoms with Crippen LogP contribution in [-0.4, -0.2) is 29.3 Å². The van der Waals surface area contributed by atoms with E-state index < -0.39 is 16.9 Å². The Balaban J connectivity index is 1.62. The Kier molecular flexibility index (Phi) is 5.12. The highest BCUT2D eigenvalue weighted by Gasteiger charge is 2.18. The van der Waals surface area contributed by atoms with Crippen molar-refractivity contribution in [2.24, 2.45) is 5.10 Å². The van der Waals surface area contributed by atoms with E-state index in [1.165, 1.54) is 24.3 Å². The van der Waals surface area contributed by atoms with Gasteiger partial charge in [0.25, 0.3) is 11.6 Å². The van der Waals surface area contributed by atoms with Crippen LogP contribution in [0.2, 0.25) is 0 Å². The summed E-state index contributed by atoms with van der Waals surface area (Å²) in [6.07, 6.45) is -0.217. The lowest BCUT2D eigenvalue weighted by molar-refractivity contribution is -0.384. The summed E-state index contributed by atoms with van der Waals surface area (Å²) in [5, 5.41) is 14.8. The summed E-state index contributed by atoms with van der Waals surface area (Å²) in [5.74, 6) is 0.684. The van der Waals surface area contributed by atoms with Crippen molar-refractivity contribution in [2.75, 3.05) is 6.61 Å². The topological polar surface area (TPSA) is 103 Å². The number of hydrazone groups is 1. The van der Waals surface area contributed by atoms with Crippen molar-refractivity contribution < 1.29 is 19.2 Å². The van der Waals surface area contributed by atoms with Crippen LogP contribution < -0.4 is 14.9 Å². The average molecular weight is 355 g/mol. The number of hydrogen-bond acceptors (Lipinski definition) is 6. The Morgan fingerprint density at radius 2 is 2.00 bits per heavy atom. The summed E-state index contributed by atoms with van der Waals surface area (Å²) in [7, 11) is 0. The summed E-state index contributed by atoms with van der Waals surface area (Å²) in [5.41, 5.74) is 4.05. The van der Waals surface area contributed by atoms with Gasteiger partial charge in [-0.3, -0.25) is 14.9 Å². The van der Waals surface area contributed by atoms with Gasteiger partial charge in [-0.2, -0.15) is 5.10 Å². The molecule has 1 amide bonds. The van der Waals surface area contributed by atoms with E-state index in [2.05, 4.69) is 10.5 Å². The van der Waals surface area contributed by atoms with Gasteiger partial charge in [0.05, 0.1) is 17.2 Å². The van der Waals surface area contributed by atoms with Gasteiger partial charge in [-0.05, 0) is 31.2 Å². The summed E-state index contributed by atoms with van der Waals surface area (Å²) >= 11 is 0. The highest BCUT2D eigenvalue weighted by atomic mass is 16.6. The summed E-state index contributed by atoms with van der Waals surface area (Å²) in [4.78, 5) is 22.3. The number of hydrogen-bond donors (Lipinski definition) is 1. The molecule has 134 valence electrons. The zero-order valence-corrected chi connectivity index (χ0v) is 14.0. The normalized spacial score (nSPS) is 15.5. The zero-order chi connectivity index (χ0) is 18.5. The number of nitrogens with zero attached hydrogens (tertiary/aromatic N) is 2. The molecule has 0 unspecified atom stereocenters. The molecule has 26 heavy (non-hydrogen) atoms. The number of carbonyl (C=O) groups excluding carboxylic acids is 1. The SMILES string of the molecule is C[C@@H](Oc1ccc([N+](=O)[O-])cc1)C(=O)N/N=C1/CCOc2ccccc21. The predicted molar refractivity (Wildman–Crippen MR) is 94.4 cm³/mol. The number of carbonyl (C=O) groups is 1. The molecule has 1 N–H and O–H groups in total. The Morgan fingerprint density at radius 1 is 1.27 bits per heavy atom. The van der Waals surface area contributed by atoms with E-state index in [4.69, 9.17) is 9.47 Å². The fourth-order valence-corrected chi connectivity index (χ4v) is 2.46. The van der Waals surface area contributed by atoms with Gasteiger partial charge >= 0.3 is 0 Å². The van der Waals surface area contributed by atoms with Crippen molar-refractivity contribution in [1.82, 2.24) is 5.43 Å². The third kappa shape index (κ3) is 3.97. The van der Waals surface area contributed by atoms with Crippen LogP contribution >= 0.6 is 0 Å². The standard InChI is InChI=1S/C18H17N3O5/c1-12(26-14-8-6-13(7-9-14)21(23)24)18(22)20-19-16-10-11-25-17-5-3-2-4-15(16)17/h2-9,12H,10-11H2,1H3,(H,20,22)/b19-16-/t12-/m1/s1. The molecule has 0 spiro atoms. The minimum absolute atomic E-state index is 0.0426. The van der Waals surface area contributed by atoms with Gasteiger partial charge in [-0.25, -0.2) is 5.43 Å². The van der Waals surface area contributed by atoms with E-state index in [0.717, 1.165) is 17.0 Å². The van der Waals surface area contributed by atoms with Gasteiger partial charge in [0.1, 0.15) is 11.5 Å². The Hall–Kier alpha value is -3.42. The molecule has 0 aliphatic carbocycles. The molecule has 0 saturated heterocycles. The number of nitro benzene ring substituents is 1. The number of non-ortho nitro benzene ring substituents is 1. The number of para-hydroxylation sites is 1. The molecule has 0 saturated carbocycles. The van der Waals surface area contributed by atoms with Gasteiger partial charge in [0.15, 0.2) is 6.10 Å². The second-order valence-corrected chi connectivity index (χ2v) is 5.64. The van der Waals surface area contributed by atoms with Crippen LogP contribution in [0.1, 0.15) is 18.9 Å². The Bertz CT molecular complexity index is 848. The van der Waals surface area contributed by atoms with Gasteiger partial charge in [-0.1, -0.05) is 12.1 Å². The third-order valence-electron chi connectivity index (χ3n) is 3.83. The molecule has 0 bridgehead atoms. The molecule has 1 heterocycles. The predicted octanol–water partition coefficient (Wildman–Crippen LogP) is 2.67. The van der Waals surface area contributed by atoms with Crippen molar-refractivity contribution in [3.63, 3.8) is 0 Å². The molecule has 1 aliphatic rings. The lowest BCUT2D eigenvalue weighted by Gasteiger charge is -2.19. The first kappa shape index (κ1) is 17.4. The second kappa shape index (κ2) is 7.64. The maximum Gasteiger partial charge on any atom is 0.280 e. The molecular weight excluding hydrogens is 338 g/mol. The van der Waals surface area contributed by atoms with Gasteiger partial charge < -0.3 is 9.47 Å². The molecular formula is C18H17N3O5. The van der Waals surface area contributed by atoms with E-state index in [1.54, 1.807) is 6.92 Å². The molecule has 1 aliphatic heterocycles. The largest absolute Gasteiger partial charge is 0.492 e. The molecule has 3 rings (SSSR count). The number of benzene rings is 2. The number of nitro groups is 1. The molecule has 2 aromatic carbocycles. The lowest BCUT2D eigenvalue weighted by atomic mass is 10.0. The maximum absolute atomic E-state index is 12.2. The smallest absolute Gasteiger partial charge is 0.280 e. The summed E-state index contributed by atoms with van der Waals surface area (Å²) < 4.78 is 11.0. The molecule has 0 radical (unpaired) electrons. The number of rotatable bonds is 5. The van der Waals surface area contributed by atoms with E-state index >= 15 is 0 Å². The first-order valence-corrected chi connectivity index (χ1v) is 8.04. The van der Waals surface area contributed by atoms with Crippen LogP contribution in [0.5, 0.6) is 11.5 Å². The van der Waals surface area contributed by atoms with Crippen LogP contribution in [0.25, 0.3) is 0 Å². The van der Waals surface area contributed by atoms with Gasteiger partial charge in [0.2, 0.25) is 0 Å². The van der Waals surface area contributed by atoms with Crippen LogP contribution in [0.3, 0.4) is 0 Å². The van der Waals surface area contributed by atoms with E-state index in [-0.39, 0.29) is 5.69 Å². The monoisotopic (exact) mass is 355 g/mol. The fourth-order valence-electron chi connectivity index (χ4n) is 2.46. The quantitative estimate of drug-likeness (QED) is 0.656. The van der Waals surface area contributed by atoms with Crippen molar-refractivity contribution in [1.29, 1.82) is 0 Å². The molecule has 0 fully saturated rings. The van der Waals surface area contributed by atoms with Crippen molar-refractivity contribution >= 4 is 17.3 Å². The molecule has 1 atom stereocenters. The van der Waals surface area contributed by atoms with Crippen LogP contribution in [0.4, 0.5) is 5.69 Å². The van der Waals surface area contributed by atoms with Crippen molar-refractivity contribution in [2.45, 2.75) is 19.4 Å². The van der Waals surface area contributed by atoms with Gasteiger partial charge in [0, 0.05) is 24.1 Å². The summed E-state index contributed by atoms with van der Waals surface area (Å²) in [6.45, 7) is 2.08. The van der Waals surface area contributed by atoms with Crippen molar-refractivity contribution in [3.05, 3.63) is 64.2 Å². The van der Waals surface area contributed by atoms with Crippen LogP contribution in [0, 0.1) is 10.1 Å². The number of ether oxygens (including phenoxy) is 2. The average Bonchev–Trinajstić information content (AvgIpc) is 2.66. The molecule has 2 aromatic rings. The number of amides is 1. The zero-order valence-electron chi connectivity index (χ0n) is 14.0. The lowest BCUT2D eigenvalue weighted by Crippen LogP contribution is -2.34. The highest BCUT2D eigenvalue weighted by Crippen LogP contribution is 2.24. The minimum Gasteiger partial charge on any atom is -0.492 e. The van der Waals surface area contributed by atoms with E-state index in [1.807, 2.05) is 24.3 Å². The van der Waals surface area contributed by atoms with Crippen molar-refractivity contribution in [3.8, 4) is 11.5 Å². The Morgan fingerprint density at radius 3 is 2.73 bits per heavy atom. The summed E-state index contributed by atoms with van der Waals surface area (Å²) in [6, 6.07) is 13.0. The molecule has 0 aromatic heterocycles. The third-order valence-corrected chi connectivity index (χ3v) is 3.83. The van der Waals surface area contributed by atoms with Gasteiger partial charge in [-0.15, -0.1) is 0 Å².